The van der Waals surface area contributed by atoms with Crippen molar-refractivity contribution in [2.75, 3.05) is 0 Å². The van der Waals surface area contributed by atoms with E-state index in [2.05, 4.69) is 0 Å². The second kappa shape index (κ2) is 5.50. The molecule has 0 amide bonds. The van der Waals surface area contributed by atoms with Crippen LogP contribution < -0.4 is 0 Å². The van der Waals surface area contributed by atoms with Crippen molar-refractivity contribution in [2.24, 2.45) is 0 Å². The Hall–Kier alpha value is -1.39. The average Bonchev–Trinajstić information content (AvgIpc) is 2.39. The smallest absolute Gasteiger partial charge is 0.327 e. The van der Waals surface area contributed by atoms with Crippen LogP contribution in [0.2, 0.25) is 0 Å². The van der Waals surface area contributed by atoms with E-state index in [9.17, 15) is 13.9 Å². The third-order valence-electron chi connectivity index (χ3n) is 2.43. The van der Waals surface area contributed by atoms with Crippen LogP contribution in [0.25, 0.3) is 0 Å². The molecule has 2 aromatic rings. The number of aliphatic hydroxyl groups is 1. The number of alkyl halides is 2. The molecule has 1 atom stereocenters. The van der Waals surface area contributed by atoms with Crippen molar-refractivity contribution >= 4 is 11.8 Å². The van der Waals surface area contributed by atoms with Gasteiger partial charge in [0.25, 0.3) is 0 Å². The topological polar surface area (TPSA) is 20.2 Å². The zero-order valence-electron chi connectivity index (χ0n) is 9.46. The van der Waals surface area contributed by atoms with Gasteiger partial charge in [-0.15, -0.1) is 0 Å². The first-order chi connectivity index (χ1) is 8.59. The van der Waals surface area contributed by atoms with Crippen molar-refractivity contribution in [2.45, 2.75) is 16.3 Å². The molecule has 1 N–H and O–H groups in total. The summed E-state index contributed by atoms with van der Waals surface area (Å²) in [5.74, 6) is 0. The predicted octanol–water partition coefficient (Wildman–Crippen LogP) is 4.11. The first-order valence-electron chi connectivity index (χ1n) is 5.44. The first kappa shape index (κ1) is 13.1. The van der Waals surface area contributed by atoms with Crippen LogP contribution in [0.15, 0.2) is 65.6 Å². The molecule has 0 bridgehead atoms. The predicted molar refractivity (Wildman–Crippen MR) is 68.6 cm³/mol. The van der Waals surface area contributed by atoms with Gasteiger partial charge in [-0.3, -0.25) is 0 Å². The summed E-state index contributed by atoms with van der Waals surface area (Å²) >= 11 is 0.365. The molecule has 0 saturated heterocycles. The molecule has 0 fully saturated rings. The van der Waals surface area contributed by atoms with E-state index in [1.807, 2.05) is 0 Å². The summed E-state index contributed by atoms with van der Waals surface area (Å²) in [5, 5.41) is 6.48. The summed E-state index contributed by atoms with van der Waals surface area (Å²) in [7, 11) is 0. The Morgan fingerprint density at radius 3 is 1.94 bits per heavy atom. The van der Waals surface area contributed by atoms with Gasteiger partial charge in [-0.05, 0) is 29.5 Å². The Morgan fingerprint density at radius 1 is 0.889 bits per heavy atom. The first-order valence-corrected chi connectivity index (χ1v) is 6.26. The summed E-state index contributed by atoms with van der Waals surface area (Å²) in [6.45, 7) is 0. The van der Waals surface area contributed by atoms with Crippen molar-refractivity contribution in [1.82, 2.24) is 0 Å². The summed E-state index contributed by atoms with van der Waals surface area (Å²) < 4.78 is 27.8. The molecular formula is C14H12F2OS. The number of halogens is 2. The Bertz CT molecular complexity index is 488. The lowest BCUT2D eigenvalue weighted by Crippen LogP contribution is -2.22. The van der Waals surface area contributed by atoms with Crippen LogP contribution in [0.1, 0.15) is 11.7 Å². The summed E-state index contributed by atoms with van der Waals surface area (Å²) in [5.41, 5.74) is 0.214. The molecule has 0 heterocycles. The number of rotatable bonds is 4. The van der Waals surface area contributed by atoms with E-state index in [-0.39, 0.29) is 5.56 Å². The zero-order valence-corrected chi connectivity index (χ0v) is 10.3. The summed E-state index contributed by atoms with van der Waals surface area (Å²) in [4.78, 5) is 0.428. The third-order valence-corrected chi connectivity index (χ3v) is 3.43. The van der Waals surface area contributed by atoms with Crippen LogP contribution in [-0.4, -0.2) is 10.4 Å². The van der Waals surface area contributed by atoms with Crippen molar-refractivity contribution in [1.29, 1.82) is 0 Å². The highest BCUT2D eigenvalue weighted by molar-refractivity contribution is 8.00. The fraction of sp³-hybridized carbons (Fsp3) is 0.143. The van der Waals surface area contributed by atoms with E-state index in [4.69, 9.17) is 0 Å². The SMILES string of the molecule is OC(c1ccccc1)C(F)(F)Sc1ccccc1. The van der Waals surface area contributed by atoms with Gasteiger partial charge in [-0.2, -0.15) is 8.78 Å². The highest BCUT2D eigenvalue weighted by Crippen LogP contribution is 2.44. The van der Waals surface area contributed by atoms with Crippen LogP contribution in [0.3, 0.4) is 0 Å². The standard InChI is InChI=1S/C14H12F2OS/c15-14(16,18-12-9-5-2-6-10-12)13(17)11-7-3-1-4-8-11/h1-10,13,17H. The molecule has 94 valence electrons. The molecule has 2 aromatic carbocycles. The highest BCUT2D eigenvalue weighted by atomic mass is 32.2. The molecule has 0 aliphatic heterocycles. The average molecular weight is 266 g/mol. The summed E-state index contributed by atoms with van der Waals surface area (Å²) in [6, 6.07) is 16.3. The minimum absolute atomic E-state index is 0.214. The molecular weight excluding hydrogens is 254 g/mol. The van der Waals surface area contributed by atoms with Gasteiger partial charge in [-0.25, -0.2) is 0 Å². The Morgan fingerprint density at radius 2 is 1.39 bits per heavy atom. The van der Waals surface area contributed by atoms with Gasteiger partial charge < -0.3 is 5.11 Å². The lowest BCUT2D eigenvalue weighted by molar-refractivity contribution is -0.0355. The molecule has 2 rings (SSSR count). The molecule has 0 spiro atoms. The Balaban J connectivity index is 2.16. The van der Waals surface area contributed by atoms with E-state index >= 15 is 0 Å². The van der Waals surface area contributed by atoms with E-state index < -0.39 is 11.4 Å². The van der Waals surface area contributed by atoms with Crippen LogP contribution >= 0.6 is 11.8 Å². The van der Waals surface area contributed by atoms with Gasteiger partial charge in [0, 0.05) is 4.90 Å². The van der Waals surface area contributed by atoms with Gasteiger partial charge in [0.05, 0.1) is 0 Å². The lowest BCUT2D eigenvalue weighted by atomic mass is 10.1. The highest BCUT2D eigenvalue weighted by Gasteiger charge is 2.40. The van der Waals surface area contributed by atoms with Gasteiger partial charge in [-0.1, -0.05) is 48.5 Å². The van der Waals surface area contributed by atoms with Crippen molar-refractivity contribution in [3.05, 3.63) is 66.2 Å². The number of thioether (sulfide) groups is 1. The van der Waals surface area contributed by atoms with E-state index in [1.54, 1.807) is 48.5 Å². The van der Waals surface area contributed by atoms with Crippen molar-refractivity contribution in [3.63, 3.8) is 0 Å². The summed E-state index contributed by atoms with van der Waals surface area (Å²) in [6.07, 6.45) is -1.82. The van der Waals surface area contributed by atoms with Crippen LogP contribution in [0, 0.1) is 0 Å². The van der Waals surface area contributed by atoms with Gasteiger partial charge in [0.2, 0.25) is 0 Å². The lowest BCUT2D eigenvalue weighted by Gasteiger charge is -2.22. The van der Waals surface area contributed by atoms with Crippen LogP contribution in [0.5, 0.6) is 0 Å². The molecule has 0 aromatic heterocycles. The van der Waals surface area contributed by atoms with Gasteiger partial charge in [0.15, 0.2) is 6.10 Å². The normalized spacial score (nSPS) is 13.3. The molecule has 4 heteroatoms. The Kier molecular flexibility index (Phi) is 3.99. The fourth-order valence-corrected chi connectivity index (χ4v) is 2.39. The Labute approximate surface area is 108 Å². The second-order valence-corrected chi connectivity index (χ2v) is 5.01. The second-order valence-electron chi connectivity index (χ2n) is 3.79. The monoisotopic (exact) mass is 266 g/mol. The van der Waals surface area contributed by atoms with Crippen LogP contribution in [0.4, 0.5) is 8.78 Å². The number of benzene rings is 2. The molecule has 1 nitrogen and oxygen atoms in total. The quantitative estimate of drug-likeness (QED) is 0.840. The largest absolute Gasteiger partial charge is 0.381 e. The molecule has 18 heavy (non-hydrogen) atoms. The maximum absolute atomic E-state index is 13.9. The zero-order chi connectivity index (χ0) is 13.0. The molecule has 0 radical (unpaired) electrons. The maximum Gasteiger partial charge on any atom is 0.327 e. The number of hydrogen-bond donors (Lipinski definition) is 1. The number of aliphatic hydroxyl groups excluding tert-OH is 1. The minimum Gasteiger partial charge on any atom is -0.381 e. The molecule has 0 aliphatic rings. The van der Waals surface area contributed by atoms with Crippen molar-refractivity contribution in [3.8, 4) is 0 Å². The van der Waals surface area contributed by atoms with E-state index in [1.165, 1.54) is 12.1 Å². The van der Waals surface area contributed by atoms with E-state index in [0.29, 0.717) is 16.7 Å². The van der Waals surface area contributed by atoms with Crippen LogP contribution in [-0.2, 0) is 0 Å². The van der Waals surface area contributed by atoms with Gasteiger partial charge >= 0.3 is 5.25 Å². The maximum atomic E-state index is 13.9. The number of hydrogen-bond acceptors (Lipinski definition) is 2. The molecule has 0 aliphatic carbocycles. The molecule has 1 unspecified atom stereocenters. The minimum atomic E-state index is -3.26. The molecule has 0 saturated carbocycles. The van der Waals surface area contributed by atoms with Crippen molar-refractivity contribution < 1.29 is 13.9 Å². The van der Waals surface area contributed by atoms with Gasteiger partial charge in [0.1, 0.15) is 0 Å². The van der Waals surface area contributed by atoms with E-state index in [0.717, 1.165) is 0 Å². The third kappa shape index (κ3) is 3.09. The fourth-order valence-electron chi connectivity index (χ4n) is 1.53.